The van der Waals surface area contributed by atoms with Gasteiger partial charge >= 0.3 is 0 Å². The van der Waals surface area contributed by atoms with Gasteiger partial charge in [-0.3, -0.25) is 15.1 Å². The van der Waals surface area contributed by atoms with Crippen LogP contribution in [0.1, 0.15) is 49.3 Å². The van der Waals surface area contributed by atoms with Crippen molar-refractivity contribution < 1.29 is 13.2 Å². The molecule has 1 saturated carbocycles. The minimum absolute atomic E-state index is 0.0189. The van der Waals surface area contributed by atoms with Crippen LogP contribution in [0.5, 0.6) is 0 Å². The molecule has 3 fully saturated rings. The molecule has 2 heterocycles. The molecule has 0 amide bonds. The maximum Gasteiger partial charge on any atom is 0.229 e. The Morgan fingerprint density at radius 1 is 0.915 bits per heavy atom. The van der Waals surface area contributed by atoms with Gasteiger partial charge in [0.2, 0.25) is 10.0 Å². The van der Waals surface area contributed by atoms with Crippen LogP contribution in [-0.4, -0.2) is 80.0 Å². The van der Waals surface area contributed by atoms with Crippen molar-refractivity contribution in [2.24, 2.45) is 11.8 Å². The molecule has 2 saturated heterocycles. The van der Waals surface area contributed by atoms with E-state index < -0.39 is 21.0 Å². The SMILES string of the molecule is C=CCN1[C@H](COC(c2ccccc2)(c2ccccc2)c2ccccc2)[C@@H](C2CCC(Br)CC2)[C@@H]1CNS(=O)(=O)C1CNC(C)N1C. The minimum atomic E-state index is -3.55. The van der Waals surface area contributed by atoms with E-state index in [1.165, 1.54) is 0 Å². The van der Waals surface area contributed by atoms with Crippen molar-refractivity contribution >= 4 is 26.0 Å². The molecule has 3 aromatic rings. The number of hydrogen-bond acceptors (Lipinski definition) is 6. The van der Waals surface area contributed by atoms with Gasteiger partial charge in [-0.1, -0.05) is 113 Å². The van der Waals surface area contributed by atoms with Crippen molar-refractivity contribution in [2.45, 2.75) is 66.7 Å². The topological polar surface area (TPSA) is 73.9 Å². The normalized spacial score (nSPS) is 29.0. The second-order valence-corrected chi connectivity index (χ2v) is 16.6. The first-order valence-corrected chi connectivity index (χ1v) is 19.5. The number of sulfonamides is 1. The summed E-state index contributed by atoms with van der Waals surface area (Å²) < 4.78 is 37.6. The molecule has 7 nitrogen and oxygen atoms in total. The average Bonchev–Trinajstić information content (AvgIpc) is 3.44. The summed E-state index contributed by atoms with van der Waals surface area (Å²) in [7, 11) is -1.68. The Morgan fingerprint density at radius 3 is 1.91 bits per heavy atom. The first-order chi connectivity index (χ1) is 22.8. The summed E-state index contributed by atoms with van der Waals surface area (Å²) in [6.07, 6.45) is 6.47. The molecular weight excluding hydrogens is 672 g/mol. The maximum atomic E-state index is 13.6. The fraction of sp³-hybridized carbons (Fsp3) is 0.474. The van der Waals surface area contributed by atoms with Gasteiger partial charge in [-0.25, -0.2) is 13.1 Å². The minimum Gasteiger partial charge on any atom is -0.359 e. The number of likely N-dealkylation sites (N-methyl/N-ethyl adjacent to an activating group) is 1. The monoisotopic (exact) mass is 720 g/mol. The van der Waals surface area contributed by atoms with Crippen LogP contribution in [0.15, 0.2) is 104 Å². The second kappa shape index (κ2) is 15.0. The van der Waals surface area contributed by atoms with Gasteiger partial charge in [0.25, 0.3) is 0 Å². The molecule has 2 N–H and O–H groups in total. The highest BCUT2D eigenvalue weighted by Crippen LogP contribution is 2.47. The zero-order valence-electron chi connectivity index (χ0n) is 27.5. The number of ether oxygens (including phenoxy) is 1. The molecular formula is C38H49BrN4O3S. The van der Waals surface area contributed by atoms with Crippen molar-refractivity contribution in [2.75, 3.05) is 33.3 Å². The van der Waals surface area contributed by atoms with Gasteiger partial charge in [0.05, 0.1) is 12.8 Å². The van der Waals surface area contributed by atoms with Crippen molar-refractivity contribution in [1.29, 1.82) is 0 Å². The Kier molecular flexibility index (Phi) is 11.0. The van der Waals surface area contributed by atoms with Crippen LogP contribution in [0.25, 0.3) is 0 Å². The van der Waals surface area contributed by atoms with Crippen LogP contribution >= 0.6 is 15.9 Å². The summed E-state index contributed by atoms with van der Waals surface area (Å²) in [6, 6.07) is 31.7. The Morgan fingerprint density at radius 2 is 1.45 bits per heavy atom. The number of benzene rings is 3. The van der Waals surface area contributed by atoms with E-state index in [4.69, 9.17) is 4.74 Å². The fourth-order valence-corrected chi connectivity index (χ4v) is 10.3. The molecule has 3 aliphatic rings. The lowest BCUT2D eigenvalue weighted by Gasteiger charge is -2.59. The number of likely N-dealkylation sites (tertiary alicyclic amines) is 1. The van der Waals surface area contributed by atoms with E-state index in [-0.39, 0.29) is 24.2 Å². The van der Waals surface area contributed by atoms with Gasteiger partial charge < -0.3 is 4.74 Å². The van der Waals surface area contributed by atoms with Gasteiger partial charge in [-0.15, -0.1) is 6.58 Å². The van der Waals surface area contributed by atoms with Crippen molar-refractivity contribution in [1.82, 2.24) is 19.8 Å². The summed E-state index contributed by atoms with van der Waals surface area (Å²) in [4.78, 5) is 4.86. The smallest absolute Gasteiger partial charge is 0.229 e. The van der Waals surface area contributed by atoms with Crippen LogP contribution in [0.4, 0.5) is 0 Å². The molecule has 252 valence electrons. The van der Waals surface area contributed by atoms with E-state index in [9.17, 15) is 8.42 Å². The molecule has 47 heavy (non-hydrogen) atoms. The summed E-state index contributed by atoms with van der Waals surface area (Å²) in [5, 5.41) is 2.69. The van der Waals surface area contributed by atoms with Crippen LogP contribution in [0, 0.1) is 11.8 Å². The highest BCUT2D eigenvalue weighted by atomic mass is 79.9. The Labute approximate surface area is 289 Å². The third kappa shape index (κ3) is 7.04. The zero-order valence-corrected chi connectivity index (χ0v) is 30.0. The first-order valence-electron chi connectivity index (χ1n) is 17.0. The summed E-state index contributed by atoms with van der Waals surface area (Å²) in [6.45, 7) is 8.06. The van der Waals surface area contributed by atoms with Crippen LogP contribution in [0.2, 0.25) is 0 Å². The number of nitrogens with one attached hydrogen (secondary N) is 2. The van der Waals surface area contributed by atoms with E-state index in [0.29, 0.717) is 37.0 Å². The van der Waals surface area contributed by atoms with Gasteiger partial charge in [0.1, 0.15) is 11.0 Å². The maximum absolute atomic E-state index is 13.6. The van der Waals surface area contributed by atoms with E-state index in [0.717, 1.165) is 42.4 Å². The third-order valence-electron chi connectivity index (χ3n) is 10.8. The van der Waals surface area contributed by atoms with Crippen LogP contribution in [0.3, 0.4) is 0 Å². The molecule has 3 aromatic carbocycles. The predicted octanol–water partition coefficient (Wildman–Crippen LogP) is 5.93. The number of rotatable bonds is 13. The van der Waals surface area contributed by atoms with E-state index in [2.05, 4.69) is 110 Å². The standard InChI is InChI=1S/C38H49BrN4O3S/c1-4-24-43-34(25-41-47(44,45)36-26-40-28(2)42(36)3)37(29-20-22-33(39)23-21-29)35(43)27-46-38(30-14-8-5-9-15-30,31-16-10-6-11-17-31)32-18-12-7-13-19-32/h4-19,28-29,33-37,40-41H,1,20-27H2,2-3H3/t28?,29?,33?,34-,35+,36?,37-/m0/s1. The molecule has 0 spiro atoms. The van der Waals surface area contributed by atoms with E-state index in [1.54, 1.807) is 0 Å². The zero-order chi connectivity index (χ0) is 33.0. The molecule has 0 aromatic heterocycles. The molecule has 9 heteroatoms. The first kappa shape index (κ1) is 34.5. The largest absolute Gasteiger partial charge is 0.359 e. The third-order valence-corrected chi connectivity index (χ3v) is 13.5. The molecule has 2 unspecified atom stereocenters. The number of hydrogen-bond donors (Lipinski definition) is 2. The number of halogens is 1. The predicted molar refractivity (Wildman–Crippen MR) is 194 cm³/mol. The van der Waals surface area contributed by atoms with Crippen molar-refractivity contribution in [3.8, 4) is 0 Å². The van der Waals surface area contributed by atoms with Gasteiger partial charge in [0.15, 0.2) is 0 Å². The Balaban J connectivity index is 1.33. The summed E-state index contributed by atoms with van der Waals surface area (Å²) in [5.74, 6) is 0.777. The average molecular weight is 722 g/mol. The number of alkyl halides is 1. The summed E-state index contributed by atoms with van der Waals surface area (Å²) >= 11 is 3.86. The van der Waals surface area contributed by atoms with Crippen LogP contribution < -0.4 is 10.0 Å². The highest BCUT2D eigenvalue weighted by Gasteiger charge is 2.53. The quantitative estimate of drug-likeness (QED) is 0.130. The van der Waals surface area contributed by atoms with Gasteiger partial charge in [0, 0.05) is 36.5 Å². The molecule has 2 aliphatic heterocycles. The number of nitrogens with zero attached hydrogens (tertiary/aromatic N) is 2. The van der Waals surface area contributed by atoms with Gasteiger partial charge in [-0.2, -0.15) is 0 Å². The lowest BCUT2D eigenvalue weighted by Crippen LogP contribution is -2.71. The Hall–Kier alpha value is -2.37. The van der Waals surface area contributed by atoms with Crippen molar-refractivity contribution in [3.63, 3.8) is 0 Å². The van der Waals surface area contributed by atoms with Gasteiger partial charge in [-0.05, 0) is 68.2 Å². The Bertz CT molecular complexity index is 1460. The fourth-order valence-electron chi connectivity index (χ4n) is 8.23. The molecule has 1 aliphatic carbocycles. The second-order valence-electron chi connectivity index (χ2n) is 13.4. The van der Waals surface area contributed by atoms with Crippen molar-refractivity contribution in [3.05, 3.63) is 120 Å². The lowest BCUT2D eigenvalue weighted by molar-refractivity contribution is -0.133. The molecule has 0 radical (unpaired) electrons. The molecule has 0 bridgehead atoms. The summed E-state index contributed by atoms with van der Waals surface area (Å²) in [5.41, 5.74) is 2.43. The van der Waals surface area contributed by atoms with E-state index in [1.807, 2.05) is 43.1 Å². The van der Waals surface area contributed by atoms with Crippen LogP contribution in [-0.2, 0) is 20.4 Å². The highest BCUT2D eigenvalue weighted by molar-refractivity contribution is 9.09. The van der Waals surface area contributed by atoms with E-state index >= 15 is 0 Å². The molecule has 5 atom stereocenters. The molecule has 6 rings (SSSR count). The lowest BCUT2D eigenvalue weighted by atomic mass is 9.67.